The van der Waals surface area contributed by atoms with Crippen molar-refractivity contribution < 1.29 is 9.59 Å². The van der Waals surface area contributed by atoms with Crippen molar-refractivity contribution in [3.05, 3.63) is 47.4 Å². The minimum atomic E-state index is -0.280. The highest BCUT2D eigenvalue weighted by Crippen LogP contribution is 2.22. The number of rotatable bonds is 4. The molecular formula is C20H24N4O2. The molecule has 1 aliphatic heterocycles. The number of aryl methyl sites for hydroxylation is 1. The molecule has 26 heavy (non-hydrogen) atoms. The van der Waals surface area contributed by atoms with E-state index in [1.54, 1.807) is 37.3 Å². The zero-order valence-corrected chi connectivity index (χ0v) is 15.5. The fourth-order valence-corrected chi connectivity index (χ4v) is 3.05. The molecule has 1 aliphatic rings. The molecule has 136 valence electrons. The zero-order valence-electron chi connectivity index (χ0n) is 15.5. The number of carbonyl (C=O) groups is 2. The standard InChI is InChI=1S/C20H24N4O2/c1-13-8-10-24(11-9-13)19-12-18(21-15(3)22-19)20(26)23-17-6-4-16(5-7-17)14(2)25/h4-7,12-13H,8-11H2,1-3H3,(H,23,26). The number of nitrogens with one attached hydrogen (secondary N) is 1. The van der Waals surface area contributed by atoms with Gasteiger partial charge in [-0.05, 0) is 56.9 Å². The van der Waals surface area contributed by atoms with Crippen molar-refractivity contribution in [3.63, 3.8) is 0 Å². The summed E-state index contributed by atoms with van der Waals surface area (Å²) >= 11 is 0. The number of carbonyl (C=O) groups excluding carboxylic acids is 2. The van der Waals surface area contributed by atoms with Gasteiger partial charge >= 0.3 is 0 Å². The van der Waals surface area contributed by atoms with Gasteiger partial charge in [0.15, 0.2) is 5.78 Å². The molecule has 1 aromatic carbocycles. The number of amides is 1. The lowest BCUT2D eigenvalue weighted by Gasteiger charge is -2.31. The van der Waals surface area contributed by atoms with Crippen LogP contribution in [0.5, 0.6) is 0 Å². The molecule has 0 unspecified atom stereocenters. The van der Waals surface area contributed by atoms with E-state index in [4.69, 9.17) is 0 Å². The number of hydrogen-bond acceptors (Lipinski definition) is 5. The molecule has 1 amide bonds. The highest BCUT2D eigenvalue weighted by atomic mass is 16.2. The Morgan fingerprint density at radius 1 is 1.12 bits per heavy atom. The van der Waals surface area contributed by atoms with Crippen molar-refractivity contribution in [1.29, 1.82) is 0 Å². The highest BCUT2D eigenvalue weighted by molar-refractivity contribution is 6.03. The molecule has 0 saturated carbocycles. The summed E-state index contributed by atoms with van der Waals surface area (Å²) in [5.74, 6) is 1.84. The number of hydrogen-bond donors (Lipinski definition) is 1. The zero-order chi connectivity index (χ0) is 18.7. The Morgan fingerprint density at radius 3 is 2.38 bits per heavy atom. The lowest BCUT2D eigenvalue weighted by molar-refractivity contribution is 0.101. The van der Waals surface area contributed by atoms with Crippen LogP contribution in [-0.2, 0) is 0 Å². The molecule has 2 aromatic rings. The Hall–Kier alpha value is -2.76. The first kappa shape index (κ1) is 18.0. The predicted molar refractivity (Wildman–Crippen MR) is 102 cm³/mol. The van der Waals surface area contributed by atoms with E-state index < -0.39 is 0 Å². The lowest BCUT2D eigenvalue weighted by atomic mass is 9.99. The number of Topliss-reactive ketones (excluding diaryl/α,β-unsaturated/α-hetero) is 1. The minimum absolute atomic E-state index is 0.00482. The fourth-order valence-electron chi connectivity index (χ4n) is 3.05. The van der Waals surface area contributed by atoms with Crippen LogP contribution in [0.25, 0.3) is 0 Å². The molecule has 6 nitrogen and oxygen atoms in total. The van der Waals surface area contributed by atoms with Crippen LogP contribution in [0.1, 0.15) is 53.4 Å². The van der Waals surface area contributed by atoms with Gasteiger partial charge in [-0.3, -0.25) is 9.59 Å². The van der Waals surface area contributed by atoms with Crippen LogP contribution in [0.3, 0.4) is 0 Å². The third-order valence-corrected chi connectivity index (χ3v) is 4.71. The smallest absolute Gasteiger partial charge is 0.274 e. The number of anilines is 2. The van der Waals surface area contributed by atoms with E-state index in [0.717, 1.165) is 37.7 Å². The molecule has 0 aliphatic carbocycles. The van der Waals surface area contributed by atoms with E-state index in [9.17, 15) is 9.59 Å². The SMILES string of the molecule is CC(=O)c1ccc(NC(=O)c2cc(N3CCC(C)CC3)nc(C)n2)cc1. The van der Waals surface area contributed by atoms with Crippen LogP contribution in [0.2, 0.25) is 0 Å². The third-order valence-electron chi connectivity index (χ3n) is 4.71. The van der Waals surface area contributed by atoms with Crippen molar-refractivity contribution >= 4 is 23.2 Å². The number of nitrogens with zero attached hydrogens (tertiary/aromatic N) is 3. The highest BCUT2D eigenvalue weighted by Gasteiger charge is 2.19. The summed E-state index contributed by atoms with van der Waals surface area (Å²) in [4.78, 5) is 34.9. The first-order valence-corrected chi connectivity index (χ1v) is 8.95. The van der Waals surface area contributed by atoms with E-state index in [0.29, 0.717) is 22.8 Å². The molecular weight excluding hydrogens is 328 g/mol. The average Bonchev–Trinajstić information content (AvgIpc) is 2.62. The van der Waals surface area contributed by atoms with Gasteiger partial charge < -0.3 is 10.2 Å². The molecule has 0 atom stereocenters. The summed E-state index contributed by atoms with van der Waals surface area (Å²) in [5, 5.41) is 2.83. The Labute approximate surface area is 153 Å². The summed E-state index contributed by atoms with van der Waals surface area (Å²) < 4.78 is 0. The predicted octanol–water partition coefficient (Wildman–Crippen LogP) is 3.48. The number of benzene rings is 1. The van der Waals surface area contributed by atoms with Gasteiger partial charge in [0.05, 0.1) is 0 Å². The van der Waals surface area contributed by atoms with E-state index in [-0.39, 0.29) is 11.7 Å². The Bertz CT molecular complexity index is 809. The number of aromatic nitrogens is 2. The molecule has 2 heterocycles. The van der Waals surface area contributed by atoms with E-state index in [1.165, 1.54) is 6.92 Å². The molecule has 0 bridgehead atoms. The number of piperidine rings is 1. The average molecular weight is 352 g/mol. The maximum atomic E-state index is 12.6. The second kappa shape index (κ2) is 7.64. The summed E-state index contributed by atoms with van der Waals surface area (Å²) in [6.07, 6.45) is 2.26. The lowest BCUT2D eigenvalue weighted by Crippen LogP contribution is -2.34. The van der Waals surface area contributed by atoms with Crippen LogP contribution in [0.4, 0.5) is 11.5 Å². The van der Waals surface area contributed by atoms with Crippen LogP contribution in [0, 0.1) is 12.8 Å². The largest absolute Gasteiger partial charge is 0.356 e. The van der Waals surface area contributed by atoms with Crippen LogP contribution < -0.4 is 10.2 Å². The first-order valence-electron chi connectivity index (χ1n) is 8.95. The Balaban J connectivity index is 1.75. The van der Waals surface area contributed by atoms with Crippen molar-refractivity contribution in [1.82, 2.24) is 9.97 Å². The topological polar surface area (TPSA) is 75.2 Å². The monoisotopic (exact) mass is 352 g/mol. The van der Waals surface area contributed by atoms with Crippen molar-refractivity contribution in [2.75, 3.05) is 23.3 Å². The summed E-state index contributed by atoms with van der Waals surface area (Å²) in [5.41, 5.74) is 1.59. The van der Waals surface area contributed by atoms with Crippen molar-refractivity contribution in [3.8, 4) is 0 Å². The van der Waals surface area contributed by atoms with E-state index >= 15 is 0 Å². The van der Waals surface area contributed by atoms with Crippen molar-refractivity contribution in [2.24, 2.45) is 5.92 Å². The Kier molecular flexibility index (Phi) is 5.30. The third kappa shape index (κ3) is 4.25. The van der Waals surface area contributed by atoms with E-state index in [2.05, 4.69) is 27.1 Å². The van der Waals surface area contributed by atoms with Gasteiger partial charge in [0.25, 0.3) is 5.91 Å². The van der Waals surface area contributed by atoms with Crippen LogP contribution in [-0.4, -0.2) is 34.7 Å². The maximum Gasteiger partial charge on any atom is 0.274 e. The fraction of sp³-hybridized carbons (Fsp3) is 0.400. The summed E-state index contributed by atoms with van der Waals surface area (Å²) in [6, 6.07) is 8.58. The van der Waals surface area contributed by atoms with Gasteiger partial charge in [-0.1, -0.05) is 6.92 Å². The minimum Gasteiger partial charge on any atom is -0.356 e. The van der Waals surface area contributed by atoms with Gasteiger partial charge in [0, 0.05) is 30.4 Å². The van der Waals surface area contributed by atoms with E-state index in [1.807, 2.05) is 0 Å². The van der Waals surface area contributed by atoms with Crippen molar-refractivity contribution in [2.45, 2.75) is 33.6 Å². The number of ketones is 1. The summed E-state index contributed by atoms with van der Waals surface area (Å²) in [6.45, 7) is 7.48. The van der Waals surface area contributed by atoms with Gasteiger partial charge in [-0.25, -0.2) is 9.97 Å². The Morgan fingerprint density at radius 2 is 1.77 bits per heavy atom. The second-order valence-electron chi connectivity index (χ2n) is 6.92. The maximum absolute atomic E-state index is 12.6. The van der Waals surface area contributed by atoms with Crippen LogP contribution >= 0.6 is 0 Å². The summed E-state index contributed by atoms with van der Waals surface area (Å²) in [7, 11) is 0. The first-order chi connectivity index (χ1) is 12.4. The van der Waals surface area contributed by atoms with Gasteiger partial charge in [-0.15, -0.1) is 0 Å². The molecule has 0 spiro atoms. The molecule has 1 fully saturated rings. The molecule has 1 saturated heterocycles. The molecule has 0 radical (unpaired) electrons. The molecule has 3 rings (SSSR count). The van der Waals surface area contributed by atoms with Gasteiger partial charge in [0.1, 0.15) is 17.3 Å². The van der Waals surface area contributed by atoms with Gasteiger partial charge in [0.2, 0.25) is 0 Å². The molecule has 1 N–H and O–H groups in total. The quantitative estimate of drug-likeness (QED) is 0.853. The van der Waals surface area contributed by atoms with Gasteiger partial charge in [-0.2, -0.15) is 0 Å². The van der Waals surface area contributed by atoms with Crippen LogP contribution in [0.15, 0.2) is 30.3 Å². The molecule has 6 heteroatoms. The molecule has 1 aromatic heterocycles. The second-order valence-corrected chi connectivity index (χ2v) is 6.92. The normalized spacial score (nSPS) is 15.0.